The van der Waals surface area contributed by atoms with Gasteiger partial charge >= 0.3 is 12.1 Å². The smallest absolute Gasteiger partial charge is 0.278 e. The number of aromatic nitrogens is 3. The fourth-order valence-corrected chi connectivity index (χ4v) is 4.37. The first-order valence-electron chi connectivity index (χ1n) is 8.69. The van der Waals surface area contributed by atoms with Crippen LogP contribution in [-0.2, 0) is 21.0 Å². The van der Waals surface area contributed by atoms with E-state index in [-0.39, 0.29) is 11.5 Å². The molecule has 0 atom stereocenters. The van der Waals surface area contributed by atoms with Gasteiger partial charge in [0, 0.05) is 6.20 Å². The first-order chi connectivity index (χ1) is 15.5. The summed E-state index contributed by atoms with van der Waals surface area (Å²) in [6.07, 6.45) is -2.27. The number of anilines is 1. The molecule has 15 heteroatoms. The Morgan fingerprint density at radius 2 is 1.88 bits per heavy atom. The topological polar surface area (TPSA) is 123 Å². The molecule has 0 aliphatic carbocycles. The van der Waals surface area contributed by atoms with Gasteiger partial charge in [0.15, 0.2) is 0 Å². The summed E-state index contributed by atoms with van der Waals surface area (Å²) in [5.74, 6) is -0.777. The highest BCUT2D eigenvalue weighted by Gasteiger charge is 2.34. The molecule has 0 saturated carbocycles. The van der Waals surface area contributed by atoms with E-state index in [1.807, 2.05) is 0 Å². The first kappa shape index (κ1) is 24.7. The van der Waals surface area contributed by atoms with Crippen molar-refractivity contribution in [3.8, 4) is 0 Å². The maximum absolute atomic E-state index is 13.0. The number of hydrogen-bond donors (Lipinski definition) is 2. The van der Waals surface area contributed by atoms with Gasteiger partial charge in [0.05, 0.1) is 34.5 Å². The summed E-state index contributed by atoms with van der Waals surface area (Å²) in [5.41, 5.74) is 0.842. The molecule has 33 heavy (non-hydrogen) atoms. The van der Waals surface area contributed by atoms with Gasteiger partial charge in [0.2, 0.25) is 5.82 Å². The van der Waals surface area contributed by atoms with E-state index in [0.717, 1.165) is 23.9 Å². The molecule has 0 spiro atoms. The number of nitrogens with zero attached hydrogens (tertiary/aromatic N) is 3. The van der Waals surface area contributed by atoms with E-state index in [1.54, 1.807) is 0 Å². The maximum atomic E-state index is 13.0. The van der Waals surface area contributed by atoms with Gasteiger partial charge in [-0.3, -0.25) is 14.4 Å². The van der Waals surface area contributed by atoms with Crippen LogP contribution in [0.25, 0.3) is 0 Å². The highest BCUT2D eigenvalue weighted by Crippen LogP contribution is 2.36. The zero-order chi connectivity index (χ0) is 24.2. The third-order valence-electron chi connectivity index (χ3n) is 3.78. The highest BCUT2D eigenvalue weighted by molar-refractivity contribution is 7.99. The number of benzene rings is 1. The highest BCUT2D eigenvalue weighted by atomic mass is 35.5. The van der Waals surface area contributed by atoms with Crippen LogP contribution in [0.3, 0.4) is 0 Å². The number of pyridine rings is 1. The number of halogens is 4. The normalized spacial score (nSPS) is 11.8. The molecule has 0 fully saturated rings. The predicted octanol–water partition coefficient (Wildman–Crippen LogP) is 3.79. The Morgan fingerprint density at radius 3 is 2.52 bits per heavy atom. The quantitative estimate of drug-likeness (QED) is 0.357. The Kier molecular flexibility index (Phi) is 7.41. The molecule has 1 aromatic carbocycles. The fraction of sp³-hybridized carbons (Fsp3) is 0.111. The number of hydrogen-bond acceptors (Lipinski definition) is 8. The van der Waals surface area contributed by atoms with E-state index >= 15 is 0 Å². The lowest BCUT2D eigenvalue weighted by atomic mass is 10.2. The van der Waals surface area contributed by atoms with Gasteiger partial charge in [-0.2, -0.15) is 13.2 Å². The second-order valence-electron chi connectivity index (χ2n) is 6.09. The minimum atomic E-state index is -4.81. The van der Waals surface area contributed by atoms with E-state index < -0.39 is 37.6 Å². The van der Waals surface area contributed by atoms with Crippen LogP contribution in [0.2, 0.25) is 5.02 Å². The van der Waals surface area contributed by atoms with Crippen molar-refractivity contribution in [2.75, 3.05) is 11.8 Å². The summed E-state index contributed by atoms with van der Waals surface area (Å²) in [7, 11) is -3.08. The lowest BCUT2D eigenvalue weighted by molar-refractivity contribution is -0.137. The van der Waals surface area contributed by atoms with Crippen LogP contribution in [-0.4, -0.2) is 36.4 Å². The summed E-state index contributed by atoms with van der Waals surface area (Å²) in [4.78, 5) is 27.6. The van der Waals surface area contributed by atoms with Crippen LogP contribution in [0.1, 0.15) is 16.2 Å². The van der Waals surface area contributed by atoms with Crippen LogP contribution in [0.4, 0.5) is 18.9 Å². The predicted molar refractivity (Wildman–Crippen MR) is 112 cm³/mol. The van der Waals surface area contributed by atoms with E-state index in [0.29, 0.717) is 16.1 Å². The average molecular weight is 520 g/mol. The first-order valence-corrected chi connectivity index (χ1v) is 11.4. The van der Waals surface area contributed by atoms with Gasteiger partial charge in [-0.05, 0) is 48.2 Å². The van der Waals surface area contributed by atoms with Crippen LogP contribution in [0.5, 0.6) is 0 Å². The molecular formula is C18H13ClF3N5O4S2. The van der Waals surface area contributed by atoms with Gasteiger partial charge in [-0.1, -0.05) is 11.6 Å². The molecule has 3 rings (SSSR count). The number of nitrogens with one attached hydrogen (secondary N) is 2. The molecular weight excluding hydrogens is 507 g/mol. The molecule has 2 N–H and O–H groups in total. The van der Waals surface area contributed by atoms with Gasteiger partial charge in [0.1, 0.15) is 10.1 Å². The van der Waals surface area contributed by atoms with Gasteiger partial charge in [-0.25, -0.2) is 28.8 Å². The second-order valence-corrected chi connectivity index (χ2v) is 9.22. The van der Waals surface area contributed by atoms with Crippen molar-refractivity contribution in [3.05, 3.63) is 65.2 Å². The molecule has 2 heterocycles. The van der Waals surface area contributed by atoms with Crippen LogP contribution < -0.4 is 10.2 Å². The molecule has 0 aliphatic heterocycles. The molecule has 1 amide bonds. The van der Waals surface area contributed by atoms with Gasteiger partial charge < -0.3 is 0 Å². The summed E-state index contributed by atoms with van der Waals surface area (Å²) < 4.78 is 66.2. The monoisotopic (exact) mass is 519 g/mol. The number of carbonyl (C=O) groups excluding carboxylic acids is 1. The zero-order valence-corrected chi connectivity index (χ0v) is 18.8. The molecule has 0 aliphatic rings. The molecule has 174 valence electrons. The number of sulfonamides is 1. The molecule has 0 radical (unpaired) electrons. The number of alkyl halides is 3. The van der Waals surface area contributed by atoms with Crippen LogP contribution in [0.15, 0.2) is 63.7 Å². The summed E-state index contributed by atoms with van der Waals surface area (Å²) in [5, 5.41) is 0.172. The Labute approximate surface area is 194 Å². The summed E-state index contributed by atoms with van der Waals surface area (Å²) in [6, 6.07) is 6.64. The third-order valence-corrected chi connectivity index (χ3v) is 6.37. The van der Waals surface area contributed by atoms with Crippen LogP contribution >= 0.6 is 23.4 Å². The van der Waals surface area contributed by atoms with Crippen molar-refractivity contribution >= 4 is 45.0 Å². The SMILES string of the molecule is CONC(=O)c1nccc(Sc2ccc(NS(=O)(=O)c3ccc(Cl)c(C(F)(F)F)c3)cn2)n1. The average Bonchev–Trinajstić information content (AvgIpc) is 2.74. The van der Waals surface area contributed by atoms with Crippen molar-refractivity contribution in [2.45, 2.75) is 21.1 Å². The molecule has 9 nitrogen and oxygen atoms in total. The standard InChI is InChI=1S/C18H13ClF3N5O4S2/c1-31-26-17(28)16-23-7-6-15(25-16)32-14-5-2-10(9-24-14)27-33(29,30)11-3-4-13(19)12(8-11)18(20,21)22/h2-9,27H,1H3,(H,26,28). The van der Waals surface area contributed by atoms with Gasteiger partial charge in [-0.15, -0.1) is 0 Å². The Morgan fingerprint density at radius 1 is 1.12 bits per heavy atom. The minimum absolute atomic E-state index is 0.0192. The van der Waals surface area contributed by atoms with Crippen molar-refractivity contribution in [1.82, 2.24) is 20.4 Å². The summed E-state index contributed by atoms with van der Waals surface area (Å²) in [6.45, 7) is 0. The molecule has 2 aromatic heterocycles. The van der Waals surface area contributed by atoms with Crippen molar-refractivity contribution in [3.63, 3.8) is 0 Å². The van der Waals surface area contributed by atoms with Crippen LogP contribution in [0, 0.1) is 0 Å². The second kappa shape index (κ2) is 9.91. The Hall–Kier alpha value is -2.94. The van der Waals surface area contributed by atoms with E-state index in [9.17, 15) is 26.4 Å². The number of carbonyl (C=O) groups is 1. The largest absolute Gasteiger partial charge is 0.417 e. The number of amides is 1. The third kappa shape index (κ3) is 6.31. The lowest BCUT2D eigenvalue weighted by Crippen LogP contribution is -2.24. The van der Waals surface area contributed by atoms with E-state index in [2.05, 4.69) is 30.0 Å². The molecule has 0 unspecified atom stereocenters. The Bertz CT molecular complexity index is 1270. The van der Waals surface area contributed by atoms with E-state index in [4.69, 9.17) is 11.6 Å². The lowest BCUT2D eigenvalue weighted by Gasteiger charge is -2.12. The maximum Gasteiger partial charge on any atom is 0.417 e. The molecule has 3 aromatic rings. The zero-order valence-electron chi connectivity index (χ0n) is 16.4. The minimum Gasteiger partial charge on any atom is -0.278 e. The van der Waals surface area contributed by atoms with E-state index in [1.165, 1.54) is 37.7 Å². The number of rotatable bonds is 7. The fourth-order valence-electron chi connectivity index (χ4n) is 2.36. The van der Waals surface area contributed by atoms with Crippen molar-refractivity contribution in [1.29, 1.82) is 0 Å². The van der Waals surface area contributed by atoms with Crippen molar-refractivity contribution < 1.29 is 31.2 Å². The van der Waals surface area contributed by atoms with Gasteiger partial charge in [0.25, 0.3) is 10.0 Å². The number of hydroxylamine groups is 1. The summed E-state index contributed by atoms with van der Waals surface area (Å²) >= 11 is 6.60. The molecule has 0 saturated heterocycles. The molecule has 0 bridgehead atoms. The Balaban J connectivity index is 1.75. The van der Waals surface area contributed by atoms with Crippen molar-refractivity contribution in [2.24, 2.45) is 0 Å².